The molecule has 94 valence electrons. The monoisotopic (exact) mass is 299 g/mol. The van der Waals surface area contributed by atoms with Gasteiger partial charge in [-0.05, 0) is 40.9 Å². The molecular weight excluding hydrogens is 282 g/mol. The molecule has 0 aromatic heterocycles. The van der Waals surface area contributed by atoms with Gasteiger partial charge in [0, 0.05) is 6.04 Å². The summed E-state index contributed by atoms with van der Waals surface area (Å²) in [6.07, 6.45) is 0. The second-order valence-electron chi connectivity index (χ2n) is 4.32. The van der Waals surface area contributed by atoms with E-state index in [0.29, 0.717) is 11.7 Å². The van der Waals surface area contributed by atoms with Crippen molar-refractivity contribution in [1.29, 1.82) is 0 Å². The molecule has 4 heteroatoms. The highest BCUT2D eigenvalue weighted by atomic mass is 79.9. The van der Waals surface area contributed by atoms with Gasteiger partial charge in [0.15, 0.2) is 6.61 Å². The van der Waals surface area contributed by atoms with Crippen LogP contribution in [0.15, 0.2) is 28.7 Å². The Kier molecular flexibility index (Phi) is 5.48. The van der Waals surface area contributed by atoms with Crippen LogP contribution >= 0.6 is 15.9 Å². The minimum atomic E-state index is -0.0954. The number of benzene rings is 1. The summed E-state index contributed by atoms with van der Waals surface area (Å²) in [5.41, 5.74) is 0. The number of carbonyl (C=O) groups excluding carboxylic acids is 1. The van der Waals surface area contributed by atoms with Crippen molar-refractivity contribution >= 4 is 21.8 Å². The lowest BCUT2D eigenvalue weighted by Crippen LogP contribution is -2.38. The summed E-state index contributed by atoms with van der Waals surface area (Å²) < 4.78 is 6.27. The summed E-state index contributed by atoms with van der Waals surface area (Å²) in [4.78, 5) is 11.6. The second-order valence-corrected chi connectivity index (χ2v) is 5.17. The Balaban J connectivity index is 2.41. The quantitative estimate of drug-likeness (QED) is 0.908. The van der Waals surface area contributed by atoms with Crippen LogP contribution in [0.5, 0.6) is 5.75 Å². The Hall–Kier alpha value is -1.03. The van der Waals surface area contributed by atoms with Gasteiger partial charge in [-0.15, -0.1) is 0 Å². The van der Waals surface area contributed by atoms with Crippen molar-refractivity contribution in [2.75, 3.05) is 6.61 Å². The van der Waals surface area contributed by atoms with Crippen LogP contribution in [0.3, 0.4) is 0 Å². The molecule has 17 heavy (non-hydrogen) atoms. The first-order valence-electron chi connectivity index (χ1n) is 5.67. The third-order valence-corrected chi connectivity index (χ3v) is 3.24. The molecule has 1 rings (SSSR count). The first kappa shape index (κ1) is 14.0. The van der Waals surface area contributed by atoms with Gasteiger partial charge in [0.25, 0.3) is 5.91 Å². The molecule has 0 unspecified atom stereocenters. The molecule has 0 radical (unpaired) electrons. The van der Waals surface area contributed by atoms with Crippen molar-refractivity contribution in [3.63, 3.8) is 0 Å². The topological polar surface area (TPSA) is 38.3 Å². The Morgan fingerprint density at radius 3 is 2.59 bits per heavy atom. The third-order valence-electron chi connectivity index (χ3n) is 2.58. The summed E-state index contributed by atoms with van der Waals surface area (Å²) in [6, 6.07) is 7.63. The normalized spacial score (nSPS) is 12.3. The van der Waals surface area contributed by atoms with E-state index in [9.17, 15) is 4.79 Å². The number of rotatable bonds is 5. The molecule has 1 N–H and O–H groups in total. The Morgan fingerprint density at radius 2 is 2.00 bits per heavy atom. The van der Waals surface area contributed by atoms with Crippen LogP contribution < -0.4 is 10.1 Å². The van der Waals surface area contributed by atoms with Gasteiger partial charge in [-0.25, -0.2) is 0 Å². The van der Waals surface area contributed by atoms with Crippen LogP contribution in [0.25, 0.3) is 0 Å². The largest absolute Gasteiger partial charge is 0.483 e. The lowest BCUT2D eigenvalue weighted by atomic mass is 10.1. The standard InChI is InChI=1S/C13H18BrNO2/c1-9(2)10(3)15-13(16)8-17-12-7-5-4-6-11(12)14/h4-7,9-10H,8H2,1-3H3,(H,15,16)/t10-/m1/s1. The zero-order valence-electron chi connectivity index (χ0n) is 10.4. The Morgan fingerprint density at radius 1 is 1.35 bits per heavy atom. The van der Waals surface area contributed by atoms with Crippen LogP contribution in [0, 0.1) is 5.92 Å². The minimum absolute atomic E-state index is 0.0413. The Labute approximate surface area is 111 Å². The van der Waals surface area contributed by atoms with Crippen molar-refractivity contribution in [3.05, 3.63) is 28.7 Å². The number of amides is 1. The predicted molar refractivity (Wildman–Crippen MR) is 72.1 cm³/mol. The summed E-state index contributed by atoms with van der Waals surface area (Å²) in [7, 11) is 0. The SMILES string of the molecule is CC(C)[C@@H](C)NC(=O)COc1ccccc1Br. The van der Waals surface area contributed by atoms with Crippen LogP contribution in [-0.4, -0.2) is 18.6 Å². The van der Waals surface area contributed by atoms with E-state index in [1.54, 1.807) is 0 Å². The maximum Gasteiger partial charge on any atom is 0.258 e. The first-order chi connectivity index (χ1) is 8.00. The van der Waals surface area contributed by atoms with Crippen molar-refractivity contribution in [2.45, 2.75) is 26.8 Å². The molecule has 1 aromatic rings. The Bertz CT molecular complexity index is 379. The van der Waals surface area contributed by atoms with E-state index < -0.39 is 0 Å². The van der Waals surface area contributed by atoms with Crippen molar-refractivity contribution in [1.82, 2.24) is 5.32 Å². The molecule has 0 aliphatic heterocycles. The molecule has 1 atom stereocenters. The number of halogens is 1. The van der Waals surface area contributed by atoms with Gasteiger partial charge in [-0.3, -0.25) is 4.79 Å². The number of nitrogens with one attached hydrogen (secondary N) is 1. The number of carbonyl (C=O) groups is 1. The highest BCUT2D eigenvalue weighted by molar-refractivity contribution is 9.10. The van der Waals surface area contributed by atoms with Crippen LogP contribution in [-0.2, 0) is 4.79 Å². The summed E-state index contributed by atoms with van der Waals surface area (Å²) in [5.74, 6) is 1.00. The molecule has 0 saturated carbocycles. The van der Waals surface area contributed by atoms with Gasteiger partial charge in [0.05, 0.1) is 4.47 Å². The van der Waals surface area contributed by atoms with E-state index in [-0.39, 0.29) is 18.6 Å². The zero-order chi connectivity index (χ0) is 12.8. The average molecular weight is 300 g/mol. The van der Waals surface area contributed by atoms with Gasteiger partial charge < -0.3 is 10.1 Å². The second kappa shape index (κ2) is 6.64. The maximum absolute atomic E-state index is 11.6. The fourth-order valence-corrected chi connectivity index (χ4v) is 1.57. The smallest absolute Gasteiger partial charge is 0.258 e. The molecule has 0 heterocycles. The van der Waals surface area contributed by atoms with E-state index in [4.69, 9.17) is 4.74 Å². The lowest BCUT2D eigenvalue weighted by molar-refractivity contribution is -0.124. The molecule has 0 aliphatic rings. The van der Waals surface area contributed by atoms with Crippen LogP contribution in [0.4, 0.5) is 0 Å². The number of ether oxygens (including phenoxy) is 1. The lowest BCUT2D eigenvalue weighted by Gasteiger charge is -2.17. The van der Waals surface area contributed by atoms with Crippen LogP contribution in [0.1, 0.15) is 20.8 Å². The highest BCUT2D eigenvalue weighted by Gasteiger charge is 2.11. The highest BCUT2D eigenvalue weighted by Crippen LogP contribution is 2.23. The van der Waals surface area contributed by atoms with Gasteiger partial charge in [0.2, 0.25) is 0 Å². The fourth-order valence-electron chi connectivity index (χ4n) is 1.17. The molecule has 0 spiro atoms. The first-order valence-corrected chi connectivity index (χ1v) is 6.46. The van der Waals surface area contributed by atoms with Gasteiger partial charge in [0.1, 0.15) is 5.75 Å². The van der Waals surface area contributed by atoms with Crippen molar-refractivity contribution in [2.24, 2.45) is 5.92 Å². The van der Waals surface area contributed by atoms with Crippen LogP contribution in [0.2, 0.25) is 0 Å². The van der Waals surface area contributed by atoms with Gasteiger partial charge in [-0.1, -0.05) is 26.0 Å². The molecule has 3 nitrogen and oxygen atoms in total. The van der Waals surface area contributed by atoms with E-state index in [2.05, 4.69) is 35.1 Å². The number of hydrogen-bond acceptors (Lipinski definition) is 2. The van der Waals surface area contributed by atoms with Gasteiger partial charge >= 0.3 is 0 Å². The predicted octanol–water partition coefficient (Wildman–Crippen LogP) is 2.99. The minimum Gasteiger partial charge on any atom is -0.483 e. The van der Waals surface area contributed by atoms with Crippen molar-refractivity contribution < 1.29 is 9.53 Å². The molecule has 0 saturated heterocycles. The summed E-state index contributed by atoms with van der Waals surface area (Å²) in [5, 5.41) is 2.89. The number of hydrogen-bond donors (Lipinski definition) is 1. The maximum atomic E-state index is 11.6. The summed E-state index contributed by atoms with van der Waals surface area (Å²) >= 11 is 3.36. The average Bonchev–Trinajstić information content (AvgIpc) is 2.27. The van der Waals surface area contributed by atoms with E-state index in [1.807, 2.05) is 31.2 Å². The zero-order valence-corrected chi connectivity index (χ0v) is 12.0. The molecule has 0 aliphatic carbocycles. The van der Waals surface area contributed by atoms with E-state index >= 15 is 0 Å². The molecule has 1 amide bonds. The summed E-state index contributed by atoms with van der Waals surface area (Å²) in [6.45, 7) is 6.17. The molecule has 1 aromatic carbocycles. The third kappa shape index (κ3) is 4.77. The van der Waals surface area contributed by atoms with E-state index in [1.165, 1.54) is 0 Å². The van der Waals surface area contributed by atoms with E-state index in [0.717, 1.165) is 4.47 Å². The number of para-hydroxylation sites is 1. The molecular formula is C13H18BrNO2. The van der Waals surface area contributed by atoms with Gasteiger partial charge in [-0.2, -0.15) is 0 Å². The fraction of sp³-hybridized carbons (Fsp3) is 0.462. The van der Waals surface area contributed by atoms with Crippen molar-refractivity contribution in [3.8, 4) is 5.75 Å². The molecule has 0 fully saturated rings. The molecule has 0 bridgehead atoms.